The molecular weight excluding hydrogens is 472 g/mol. The maximum Gasteiger partial charge on any atom is 0.345 e. The van der Waals surface area contributed by atoms with E-state index in [0.29, 0.717) is 5.69 Å². The summed E-state index contributed by atoms with van der Waals surface area (Å²) in [5, 5.41) is 3.69. The van der Waals surface area contributed by atoms with Crippen LogP contribution in [0.3, 0.4) is 0 Å². The minimum atomic E-state index is -1.70. The van der Waals surface area contributed by atoms with Gasteiger partial charge in [-0.15, -0.1) is 0 Å². The zero-order valence-corrected chi connectivity index (χ0v) is 19.4. The van der Waals surface area contributed by atoms with Crippen molar-refractivity contribution in [1.29, 1.82) is 0 Å². The van der Waals surface area contributed by atoms with E-state index in [1.807, 2.05) is 89.9 Å². The van der Waals surface area contributed by atoms with Crippen molar-refractivity contribution in [2.24, 2.45) is 0 Å². The molecule has 7 heteroatoms. The zero-order valence-electron chi connectivity index (χ0n) is 17.8. The van der Waals surface area contributed by atoms with E-state index in [4.69, 9.17) is 9.47 Å². The SMILES string of the molecule is COC(=O)C1(C(=O)OC)CC(c2ccc(Br)cc2)N(c2ccccc2)N1c1ccccc1. The standard InChI is InChI=1S/C25H23BrN2O4/c1-31-23(29)25(24(30)32-2)17-22(18-13-15-19(26)16-14-18)27(20-9-5-3-6-10-20)28(25)21-11-7-4-8-12-21/h3-16,22H,17H2,1-2H3. The number of hydrogen-bond acceptors (Lipinski definition) is 6. The van der Waals surface area contributed by atoms with Gasteiger partial charge in [0, 0.05) is 10.9 Å². The molecular formula is C25H23BrN2O4. The summed E-state index contributed by atoms with van der Waals surface area (Å²) in [5.74, 6) is -1.34. The Morgan fingerprint density at radius 2 is 1.31 bits per heavy atom. The summed E-state index contributed by atoms with van der Waals surface area (Å²) in [7, 11) is 2.58. The Hall–Kier alpha value is -3.32. The van der Waals surface area contributed by atoms with E-state index < -0.39 is 17.5 Å². The molecule has 1 aliphatic heterocycles. The number of nitrogens with zero attached hydrogens (tertiary/aromatic N) is 2. The number of ether oxygens (including phenoxy) is 2. The minimum Gasteiger partial charge on any atom is -0.467 e. The molecule has 0 spiro atoms. The van der Waals surface area contributed by atoms with Gasteiger partial charge in [0.1, 0.15) is 0 Å². The molecule has 1 fully saturated rings. The van der Waals surface area contributed by atoms with Crippen LogP contribution in [0.2, 0.25) is 0 Å². The van der Waals surface area contributed by atoms with E-state index in [9.17, 15) is 9.59 Å². The summed E-state index contributed by atoms with van der Waals surface area (Å²) in [6.45, 7) is 0. The van der Waals surface area contributed by atoms with Gasteiger partial charge in [-0.1, -0.05) is 64.5 Å². The number of benzene rings is 3. The van der Waals surface area contributed by atoms with E-state index in [1.54, 1.807) is 5.01 Å². The molecule has 4 rings (SSSR count). The second kappa shape index (κ2) is 9.04. The van der Waals surface area contributed by atoms with Gasteiger partial charge < -0.3 is 9.47 Å². The normalized spacial score (nSPS) is 17.2. The summed E-state index contributed by atoms with van der Waals surface area (Å²) in [6, 6.07) is 26.5. The van der Waals surface area contributed by atoms with E-state index in [1.165, 1.54) is 14.2 Å². The van der Waals surface area contributed by atoms with Crippen LogP contribution in [0.5, 0.6) is 0 Å². The van der Waals surface area contributed by atoms with Crippen molar-refractivity contribution in [2.75, 3.05) is 24.2 Å². The molecule has 164 valence electrons. The molecule has 0 amide bonds. The first-order chi connectivity index (χ1) is 15.5. The number of hydrazine groups is 1. The van der Waals surface area contributed by atoms with Gasteiger partial charge in [0.2, 0.25) is 0 Å². The number of carbonyl (C=O) groups is 2. The van der Waals surface area contributed by atoms with Gasteiger partial charge in [-0.2, -0.15) is 0 Å². The number of methoxy groups -OCH3 is 2. The van der Waals surface area contributed by atoms with Crippen LogP contribution in [0.25, 0.3) is 0 Å². The molecule has 0 aliphatic carbocycles. The largest absolute Gasteiger partial charge is 0.467 e. The Morgan fingerprint density at radius 3 is 1.81 bits per heavy atom. The Morgan fingerprint density at radius 1 is 0.812 bits per heavy atom. The second-order valence-corrected chi connectivity index (χ2v) is 8.36. The monoisotopic (exact) mass is 494 g/mol. The first-order valence-corrected chi connectivity index (χ1v) is 10.9. The molecule has 0 N–H and O–H groups in total. The van der Waals surface area contributed by atoms with E-state index >= 15 is 0 Å². The molecule has 3 aromatic carbocycles. The summed E-state index contributed by atoms with van der Waals surface area (Å²) in [4.78, 5) is 26.7. The van der Waals surface area contributed by atoms with Gasteiger partial charge in [-0.3, -0.25) is 10.0 Å². The Balaban J connectivity index is 2.00. The Labute approximate surface area is 195 Å². The predicted octanol–water partition coefficient (Wildman–Crippen LogP) is 4.91. The van der Waals surface area contributed by atoms with Crippen molar-refractivity contribution in [1.82, 2.24) is 0 Å². The molecule has 1 aliphatic rings. The number of carbonyl (C=O) groups excluding carboxylic acids is 2. The molecule has 1 heterocycles. The van der Waals surface area contributed by atoms with Crippen LogP contribution < -0.4 is 10.0 Å². The number of para-hydroxylation sites is 2. The van der Waals surface area contributed by atoms with Crippen molar-refractivity contribution in [3.8, 4) is 0 Å². The molecule has 1 saturated heterocycles. The summed E-state index contributed by atoms with van der Waals surface area (Å²) in [5.41, 5.74) is 0.761. The van der Waals surface area contributed by atoms with E-state index in [0.717, 1.165) is 15.7 Å². The first kappa shape index (κ1) is 21.9. The third-order valence-electron chi connectivity index (χ3n) is 5.68. The maximum atomic E-state index is 13.3. The third kappa shape index (κ3) is 3.62. The van der Waals surface area contributed by atoms with E-state index in [-0.39, 0.29) is 12.5 Å². The first-order valence-electron chi connectivity index (χ1n) is 10.1. The molecule has 0 saturated carbocycles. The van der Waals surface area contributed by atoms with Gasteiger partial charge in [-0.05, 0) is 42.0 Å². The molecule has 6 nitrogen and oxygen atoms in total. The topological polar surface area (TPSA) is 59.1 Å². The van der Waals surface area contributed by atoms with Crippen LogP contribution in [0.1, 0.15) is 18.0 Å². The van der Waals surface area contributed by atoms with Crippen molar-refractivity contribution >= 4 is 39.2 Å². The summed E-state index contributed by atoms with van der Waals surface area (Å²) < 4.78 is 11.3. The van der Waals surface area contributed by atoms with Crippen molar-refractivity contribution in [3.63, 3.8) is 0 Å². The van der Waals surface area contributed by atoms with Gasteiger partial charge in [0.15, 0.2) is 0 Å². The van der Waals surface area contributed by atoms with Crippen LogP contribution in [0.15, 0.2) is 89.4 Å². The van der Waals surface area contributed by atoms with Gasteiger partial charge in [-0.25, -0.2) is 9.59 Å². The highest BCUT2D eigenvalue weighted by Crippen LogP contribution is 2.48. The van der Waals surface area contributed by atoms with Crippen LogP contribution >= 0.6 is 15.9 Å². The number of hydrogen-bond donors (Lipinski definition) is 0. The highest BCUT2D eigenvalue weighted by atomic mass is 79.9. The number of esters is 2. The average Bonchev–Trinajstić information content (AvgIpc) is 3.21. The van der Waals surface area contributed by atoms with Crippen LogP contribution in [0.4, 0.5) is 11.4 Å². The van der Waals surface area contributed by atoms with Gasteiger partial charge in [0.05, 0.1) is 31.6 Å². The molecule has 3 aromatic rings. The van der Waals surface area contributed by atoms with Crippen molar-refractivity contribution < 1.29 is 19.1 Å². The zero-order chi connectivity index (χ0) is 22.7. The van der Waals surface area contributed by atoms with Gasteiger partial charge >= 0.3 is 11.9 Å². The lowest BCUT2D eigenvalue weighted by Crippen LogP contribution is -2.61. The fourth-order valence-electron chi connectivity index (χ4n) is 4.27. The highest BCUT2D eigenvalue weighted by Gasteiger charge is 2.63. The molecule has 0 aromatic heterocycles. The number of anilines is 2. The molecule has 1 atom stereocenters. The van der Waals surface area contributed by atoms with Crippen molar-refractivity contribution in [3.05, 3.63) is 95.0 Å². The summed E-state index contributed by atoms with van der Waals surface area (Å²) >= 11 is 3.48. The molecule has 0 radical (unpaired) electrons. The lowest BCUT2D eigenvalue weighted by atomic mass is 9.89. The van der Waals surface area contributed by atoms with Crippen LogP contribution in [-0.4, -0.2) is 31.7 Å². The number of halogens is 1. The lowest BCUT2D eigenvalue weighted by Gasteiger charge is -2.41. The highest BCUT2D eigenvalue weighted by molar-refractivity contribution is 9.10. The Kier molecular flexibility index (Phi) is 6.19. The molecule has 0 bridgehead atoms. The maximum absolute atomic E-state index is 13.3. The third-order valence-corrected chi connectivity index (χ3v) is 6.21. The quantitative estimate of drug-likeness (QED) is 0.371. The molecule has 1 unspecified atom stereocenters. The Bertz CT molecular complexity index is 1070. The lowest BCUT2D eigenvalue weighted by molar-refractivity contribution is -0.160. The molecule has 32 heavy (non-hydrogen) atoms. The smallest absolute Gasteiger partial charge is 0.345 e. The number of rotatable bonds is 5. The fraction of sp³-hybridized carbons (Fsp3) is 0.200. The van der Waals surface area contributed by atoms with E-state index in [2.05, 4.69) is 15.9 Å². The average molecular weight is 495 g/mol. The second-order valence-electron chi connectivity index (χ2n) is 7.44. The summed E-state index contributed by atoms with van der Waals surface area (Å²) in [6.07, 6.45) is 0.151. The van der Waals surface area contributed by atoms with Crippen LogP contribution in [0, 0.1) is 0 Å². The minimum absolute atomic E-state index is 0.151. The van der Waals surface area contributed by atoms with Crippen LogP contribution in [-0.2, 0) is 19.1 Å². The van der Waals surface area contributed by atoms with Crippen molar-refractivity contribution in [2.45, 2.75) is 18.0 Å². The van der Waals surface area contributed by atoms with Gasteiger partial charge in [0.25, 0.3) is 5.54 Å². The predicted molar refractivity (Wildman–Crippen MR) is 126 cm³/mol. The fourth-order valence-corrected chi connectivity index (χ4v) is 4.54.